The summed E-state index contributed by atoms with van der Waals surface area (Å²) < 4.78 is 5.49. The number of hydrogen-bond donors (Lipinski definition) is 1. The average Bonchev–Trinajstić information content (AvgIpc) is 2.64. The van der Waals surface area contributed by atoms with Gasteiger partial charge in [-0.1, -0.05) is 6.07 Å². The maximum absolute atomic E-state index is 6.10. The second-order valence-electron chi connectivity index (χ2n) is 3.85. The van der Waals surface area contributed by atoms with Gasteiger partial charge in [-0.25, -0.2) is 4.98 Å². The second-order valence-corrected chi connectivity index (χ2v) is 4.83. The predicted molar refractivity (Wildman–Crippen MR) is 68.7 cm³/mol. The number of rotatable bonds is 4. The van der Waals surface area contributed by atoms with Crippen LogP contribution < -0.4 is 5.73 Å². The number of nitrogens with two attached hydrogens (primary N) is 1. The van der Waals surface area contributed by atoms with Crippen LogP contribution >= 0.6 is 11.8 Å². The van der Waals surface area contributed by atoms with Crippen LogP contribution in [-0.2, 0) is 0 Å². The summed E-state index contributed by atoms with van der Waals surface area (Å²) in [6, 6.07) is 6.10. The zero-order valence-electron chi connectivity index (χ0n) is 9.56. The number of aryl methyl sites for hydroxylation is 1. The van der Waals surface area contributed by atoms with Crippen molar-refractivity contribution in [1.82, 2.24) is 4.98 Å². The van der Waals surface area contributed by atoms with Crippen molar-refractivity contribution >= 4 is 22.9 Å². The number of aromatic nitrogens is 1. The summed E-state index contributed by atoms with van der Waals surface area (Å²) in [4.78, 5) is 4.26. The quantitative estimate of drug-likeness (QED) is 0.886. The molecule has 1 atom stereocenters. The summed E-state index contributed by atoms with van der Waals surface area (Å²) in [6.45, 7) is 1.85. The van der Waals surface area contributed by atoms with E-state index in [0.29, 0.717) is 5.89 Å². The van der Waals surface area contributed by atoms with Crippen LogP contribution in [0.1, 0.15) is 23.9 Å². The summed E-state index contributed by atoms with van der Waals surface area (Å²) in [6.07, 6.45) is 3.08. The van der Waals surface area contributed by atoms with Gasteiger partial charge in [0.25, 0.3) is 0 Å². The van der Waals surface area contributed by atoms with E-state index in [2.05, 4.69) is 11.2 Å². The maximum Gasteiger partial charge on any atom is 0.192 e. The number of hydrogen-bond acceptors (Lipinski definition) is 4. The number of thioether (sulfide) groups is 1. The number of nitrogens with zero attached hydrogens (tertiary/aromatic N) is 1. The zero-order chi connectivity index (χ0) is 11.5. The van der Waals surface area contributed by atoms with Gasteiger partial charge in [-0.15, -0.1) is 0 Å². The normalized spacial score (nSPS) is 13.2. The molecule has 0 spiro atoms. The third-order valence-electron chi connectivity index (χ3n) is 2.58. The van der Waals surface area contributed by atoms with Gasteiger partial charge in [-0.3, -0.25) is 0 Å². The molecule has 1 heterocycles. The van der Waals surface area contributed by atoms with Gasteiger partial charge < -0.3 is 10.2 Å². The first kappa shape index (κ1) is 11.5. The van der Waals surface area contributed by atoms with Gasteiger partial charge in [0.15, 0.2) is 11.5 Å². The highest BCUT2D eigenvalue weighted by Gasteiger charge is 2.08. The lowest BCUT2D eigenvalue weighted by atomic mass is 10.1. The van der Waals surface area contributed by atoms with Gasteiger partial charge in [0, 0.05) is 13.0 Å². The largest absolute Gasteiger partial charge is 0.441 e. The van der Waals surface area contributed by atoms with Crippen LogP contribution in [0.3, 0.4) is 0 Å². The van der Waals surface area contributed by atoms with Gasteiger partial charge in [0.1, 0.15) is 5.52 Å². The fourth-order valence-electron chi connectivity index (χ4n) is 1.70. The molecule has 86 valence electrons. The minimum atomic E-state index is 0.0854. The lowest BCUT2D eigenvalue weighted by molar-refractivity contribution is 0.560. The van der Waals surface area contributed by atoms with E-state index < -0.39 is 0 Å². The third-order valence-corrected chi connectivity index (χ3v) is 3.22. The molecule has 16 heavy (non-hydrogen) atoms. The highest BCUT2D eigenvalue weighted by atomic mass is 32.2. The van der Waals surface area contributed by atoms with Crippen molar-refractivity contribution in [3.63, 3.8) is 0 Å². The van der Waals surface area contributed by atoms with Crippen LogP contribution in [0.5, 0.6) is 0 Å². The van der Waals surface area contributed by atoms with Gasteiger partial charge in [-0.05, 0) is 36.1 Å². The Morgan fingerprint density at radius 2 is 2.31 bits per heavy atom. The van der Waals surface area contributed by atoms with E-state index >= 15 is 0 Å². The Kier molecular flexibility index (Phi) is 3.51. The maximum atomic E-state index is 6.10. The molecule has 0 aliphatic heterocycles. The molecular formula is C12H16N2OS. The van der Waals surface area contributed by atoms with Crippen molar-refractivity contribution in [2.45, 2.75) is 19.4 Å². The van der Waals surface area contributed by atoms with E-state index in [4.69, 9.17) is 10.2 Å². The molecule has 1 unspecified atom stereocenters. The average molecular weight is 236 g/mol. The summed E-state index contributed by atoms with van der Waals surface area (Å²) in [7, 11) is 0. The molecule has 2 N–H and O–H groups in total. The van der Waals surface area contributed by atoms with E-state index in [0.717, 1.165) is 28.8 Å². The fourth-order valence-corrected chi connectivity index (χ4v) is 2.19. The van der Waals surface area contributed by atoms with Gasteiger partial charge in [-0.2, -0.15) is 11.8 Å². The van der Waals surface area contributed by atoms with E-state index in [1.807, 2.05) is 36.9 Å². The first-order valence-corrected chi connectivity index (χ1v) is 6.71. The summed E-state index contributed by atoms with van der Waals surface area (Å²) in [5, 5.41) is 0. The molecule has 0 aliphatic carbocycles. The highest BCUT2D eigenvalue weighted by molar-refractivity contribution is 7.98. The van der Waals surface area contributed by atoms with Crippen molar-refractivity contribution in [3.05, 3.63) is 29.7 Å². The van der Waals surface area contributed by atoms with E-state index in [9.17, 15) is 0 Å². The number of fused-ring (bicyclic) bond motifs is 1. The van der Waals surface area contributed by atoms with Crippen molar-refractivity contribution in [1.29, 1.82) is 0 Å². The lowest BCUT2D eigenvalue weighted by Gasteiger charge is -2.10. The standard InChI is InChI=1S/C12H16N2OS/c1-8-14-11-4-3-9(7-12(11)15-8)10(13)5-6-16-2/h3-4,7,10H,5-6,13H2,1-2H3. The molecule has 0 saturated heterocycles. The smallest absolute Gasteiger partial charge is 0.192 e. The van der Waals surface area contributed by atoms with Crippen LogP contribution in [-0.4, -0.2) is 17.0 Å². The molecular weight excluding hydrogens is 220 g/mol. The Bertz CT molecular complexity index is 481. The Hall–Kier alpha value is -1.00. The zero-order valence-corrected chi connectivity index (χ0v) is 10.4. The molecule has 4 heteroatoms. The van der Waals surface area contributed by atoms with Crippen molar-refractivity contribution in [2.75, 3.05) is 12.0 Å². The minimum Gasteiger partial charge on any atom is -0.441 e. The molecule has 1 aromatic heterocycles. The van der Waals surface area contributed by atoms with Gasteiger partial charge in [0.2, 0.25) is 0 Å². The Labute approximate surface area is 99.4 Å². The molecule has 2 aromatic rings. The van der Waals surface area contributed by atoms with E-state index in [1.54, 1.807) is 0 Å². The van der Waals surface area contributed by atoms with E-state index in [-0.39, 0.29) is 6.04 Å². The van der Waals surface area contributed by atoms with E-state index in [1.165, 1.54) is 0 Å². The number of benzene rings is 1. The van der Waals surface area contributed by atoms with Crippen LogP contribution in [0.4, 0.5) is 0 Å². The summed E-state index contributed by atoms with van der Waals surface area (Å²) >= 11 is 1.82. The fraction of sp³-hybridized carbons (Fsp3) is 0.417. The topological polar surface area (TPSA) is 52.0 Å². The van der Waals surface area contributed by atoms with Crippen LogP contribution in [0.2, 0.25) is 0 Å². The predicted octanol–water partition coefficient (Wildman–Crippen LogP) is 2.89. The molecule has 0 amide bonds. The minimum absolute atomic E-state index is 0.0854. The number of oxazole rings is 1. The molecule has 0 bridgehead atoms. The highest BCUT2D eigenvalue weighted by Crippen LogP contribution is 2.22. The monoisotopic (exact) mass is 236 g/mol. The van der Waals surface area contributed by atoms with Crippen LogP contribution in [0.15, 0.2) is 22.6 Å². The lowest BCUT2D eigenvalue weighted by Crippen LogP contribution is -2.10. The molecule has 0 aliphatic rings. The first-order valence-electron chi connectivity index (χ1n) is 5.32. The molecule has 0 radical (unpaired) electrons. The Morgan fingerprint density at radius 1 is 1.50 bits per heavy atom. The molecule has 0 saturated carbocycles. The molecule has 2 rings (SSSR count). The SMILES string of the molecule is CSCCC(N)c1ccc2nc(C)oc2c1. The molecule has 1 aromatic carbocycles. The molecule has 0 fully saturated rings. The third kappa shape index (κ3) is 2.39. The van der Waals surface area contributed by atoms with Gasteiger partial charge >= 0.3 is 0 Å². The van der Waals surface area contributed by atoms with Crippen LogP contribution in [0, 0.1) is 6.92 Å². The summed E-state index contributed by atoms with van der Waals surface area (Å²) in [5.74, 6) is 1.78. The van der Waals surface area contributed by atoms with Crippen molar-refractivity contribution in [3.8, 4) is 0 Å². The first-order chi connectivity index (χ1) is 7.70. The Balaban J connectivity index is 2.24. The Morgan fingerprint density at radius 3 is 3.06 bits per heavy atom. The van der Waals surface area contributed by atoms with Gasteiger partial charge in [0.05, 0.1) is 0 Å². The second kappa shape index (κ2) is 4.89. The van der Waals surface area contributed by atoms with Crippen molar-refractivity contribution < 1.29 is 4.42 Å². The summed E-state index contributed by atoms with van der Waals surface area (Å²) in [5.41, 5.74) is 8.96. The van der Waals surface area contributed by atoms with Crippen molar-refractivity contribution in [2.24, 2.45) is 5.73 Å². The van der Waals surface area contributed by atoms with Crippen LogP contribution in [0.25, 0.3) is 11.1 Å². The molecule has 3 nitrogen and oxygen atoms in total.